The van der Waals surface area contributed by atoms with Crippen molar-refractivity contribution < 1.29 is 17.6 Å². The zero-order chi connectivity index (χ0) is 20.2. The highest BCUT2D eigenvalue weighted by atomic mass is 32.2. The van der Waals surface area contributed by atoms with Crippen molar-refractivity contribution in [2.24, 2.45) is 5.92 Å². The van der Waals surface area contributed by atoms with Gasteiger partial charge in [0.25, 0.3) is 5.22 Å². The first-order valence-corrected chi connectivity index (χ1v) is 11.4. The van der Waals surface area contributed by atoms with Gasteiger partial charge in [-0.1, -0.05) is 39.5 Å². The second-order valence-electron chi connectivity index (χ2n) is 6.60. The lowest BCUT2D eigenvalue weighted by Crippen LogP contribution is -2.33. The molecular weight excluding hydrogens is 386 g/mol. The van der Waals surface area contributed by atoms with Gasteiger partial charge in [-0.25, -0.2) is 13.4 Å². The van der Waals surface area contributed by atoms with E-state index in [2.05, 4.69) is 10.3 Å². The summed E-state index contributed by atoms with van der Waals surface area (Å²) < 4.78 is 32.3. The van der Waals surface area contributed by atoms with E-state index in [-0.39, 0.29) is 16.1 Å². The molecule has 0 unspecified atom stereocenters. The number of nitrogens with one attached hydrogen (secondary N) is 1. The van der Waals surface area contributed by atoms with Gasteiger partial charge in [-0.05, 0) is 31.0 Å². The summed E-state index contributed by atoms with van der Waals surface area (Å²) in [7, 11) is -3.55. The van der Waals surface area contributed by atoms with Crippen LogP contribution >= 0.6 is 11.8 Å². The average molecular weight is 414 g/mol. The molecular formula is C18H27N3O4S2. The number of sulfonamides is 1. The predicted octanol–water partition coefficient (Wildman–Crippen LogP) is 3.11. The highest BCUT2D eigenvalue weighted by molar-refractivity contribution is 8.00. The SMILES string of the molecule is CCN(CC)S(=O)(=O)c1ccc2oc(S[C@H](C)C(=O)NCC(C)C)nc2c1. The lowest BCUT2D eigenvalue weighted by molar-refractivity contribution is -0.120. The summed E-state index contributed by atoms with van der Waals surface area (Å²) in [5.41, 5.74) is 0.950. The number of aromatic nitrogens is 1. The van der Waals surface area contributed by atoms with E-state index in [9.17, 15) is 13.2 Å². The van der Waals surface area contributed by atoms with Gasteiger partial charge in [-0.3, -0.25) is 4.79 Å². The Balaban J connectivity index is 2.19. The van der Waals surface area contributed by atoms with E-state index in [1.54, 1.807) is 26.8 Å². The second kappa shape index (κ2) is 9.07. The molecule has 1 aromatic heterocycles. The predicted molar refractivity (Wildman–Crippen MR) is 107 cm³/mol. The molecule has 0 fully saturated rings. The van der Waals surface area contributed by atoms with Crippen molar-refractivity contribution in [3.05, 3.63) is 18.2 Å². The summed E-state index contributed by atoms with van der Waals surface area (Å²) >= 11 is 1.21. The van der Waals surface area contributed by atoms with E-state index in [0.717, 1.165) is 0 Å². The van der Waals surface area contributed by atoms with E-state index >= 15 is 0 Å². The molecule has 0 aliphatic carbocycles. The van der Waals surface area contributed by atoms with Crippen molar-refractivity contribution in [2.45, 2.75) is 50.0 Å². The van der Waals surface area contributed by atoms with E-state index in [0.29, 0.717) is 41.9 Å². The Kier molecular flexibility index (Phi) is 7.30. The number of benzene rings is 1. The molecule has 0 radical (unpaired) electrons. The lowest BCUT2D eigenvalue weighted by atomic mass is 10.2. The molecule has 1 aromatic carbocycles. The van der Waals surface area contributed by atoms with E-state index < -0.39 is 10.0 Å². The van der Waals surface area contributed by atoms with Crippen LogP contribution in [0, 0.1) is 5.92 Å². The third kappa shape index (κ3) is 5.24. The molecule has 27 heavy (non-hydrogen) atoms. The molecule has 0 saturated carbocycles. The Hall–Kier alpha value is -1.58. The standard InChI is InChI=1S/C18H27N3O4S2/c1-6-21(7-2)27(23,24)14-8-9-16-15(10-14)20-18(25-16)26-13(5)17(22)19-11-12(3)4/h8-10,12-13H,6-7,11H2,1-5H3,(H,19,22)/t13-/m1/s1. The van der Waals surface area contributed by atoms with Crippen LogP contribution in [0.5, 0.6) is 0 Å². The van der Waals surface area contributed by atoms with Crippen molar-refractivity contribution in [3.63, 3.8) is 0 Å². The van der Waals surface area contributed by atoms with E-state index in [1.165, 1.54) is 28.2 Å². The molecule has 7 nitrogen and oxygen atoms in total. The maximum absolute atomic E-state index is 12.6. The van der Waals surface area contributed by atoms with Crippen LogP contribution in [-0.2, 0) is 14.8 Å². The van der Waals surface area contributed by atoms with Crippen LogP contribution in [0.4, 0.5) is 0 Å². The number of carbonyl (C=O) groups excluding carboxylic acids is 1. The molecule has 1 amide bonds. The van der Waals surface area contributed by atoms with E-state index in [4.69, 9.17) is 4.42 Å². The third-order valence-corrected chi connectivity index (χ3v) is 7.00. The Bertz CT molecular complexity index is 889. The van der Waals surface area contributed by atoms with Gasteiger partial charge in [0.2, 0.25) is 15.9 Å². The van der Waals surface area contributed by atoms with Crippen LogP contribution in [0.3, 0.4) is 0 Å². The Morgan fingerprint density at radius 2 is 1.93 bits per heavy atom. The van der Waals surface area contributed by atoms with Crippen molar-refractivity contribution in [3.8, 4) is 0 Å². The van der Waals surface area contributed by atoms with Gasteiger partial charge in [0.15, 0.2) is 5.58 Å². The number of thioether (sulfide) groups is 1. The van der Waals surface area contributed by atoms with Crippen molar-refractivity contribution in [1.82, 2.24) is 14.6 Å². The number of carbonyl (C=O) groups is 1. The number of oxazole rings is 1. The first-order chi connectivity index (χ1) is 12.7. The van der Waals surface area contributed by atoms with E-state index in [1.807, 2.05) is 13.8 Å². The number of nitrogens with zero attached hydrogens (tertiary/aromatic N) is 2. The molecule has 0 bridgehead atoms. The molecule has 9 heteroatoms. The maximum atomic E-state index is 12.6. The Morgan fingerprint density at radius 1 is 1.26 bits per heavy atom. The summed E-state index contributed by atoms with van der Waals surface area (Å²) in [6, 6.07) is 4.64. The number of amides is 1. The van der Waals surface area contributed by atoms with Gasteiger partial charge in [0.1, 0.15) is 5.52 Å². The molecule has 150 valence electrons. The number of hydrogen-bond donors (Lipinski definition) is 1. The zero-order valence-electron chi connectivity index (χ0n) is 16.4. The van der Waals surface area contributed by atoms with Crippen molar-refractivity contribution in [2.75, 3.05) is 19.6 Å². The highest BCUT2D eigenvalue weighted by Crippen LogP contribution is 2.29. The number of fused-ring (bicyclic) bond motifs is 1. The first-order valence-electron chi connectivity index (χ1n) is 9.04. The molecule has 2 rings (SSSR count). The molecule has 1 N–H and O–H groups in total. The Morgan fingerprint density at radius 3 is 2.52 bits per heavy atom. The number of rotatable bonds is 9. The van der Waals surface area contributed by atoms with Crippen LogP contribution < -0.4 is 5.32 Å². The molecule has 2 aromatic rings. The maximum Gasteiger partial charge on any atom is 0.257 e. The minimum atomic E-state index is -3.55. The smallest absolute Gasteiger partial charge is 0.257 e. The molecule has 0 aliphatic rings. The molecule has 1 atom stereocenters. The van der Waals surface area contributed by atoms with Gasteiger partial charge < -0.3 is 9.73 Å². The fourth-order valence-electron chi connectivity index (χ4n) is 2.46. The van der Waals surface area contributed by atoms with Crippen LogP contribution in [0.25, 0.3) is 11.1 Å². The van der Waals surface area contributed by atoms with Gasteiger partial charge in [0.05, 0.1) is 10.1 Å². The van der Waals surface area contributed by atoms with Crippen LogP contribution in [-0.4, -0.2) is 48.5 Å². The normalized spacial score (nSPS) is 13.4. The quantitative estimate of drug-likeness (QED) is 0.635. The van der Waals surface area contributed by atoms with Gasteiger partial charge in [-0.15, -0.1) is 0 Å². The summed E-state index contributed by atoms with van der Waals surface area (Å²) in [6.07, 6.45) is 0. The average Bonchev–Trinajstić information content (AvgIpc) is 3.01. The molecule has 0 saturated heterocycles. The first kappa shape index (κ1) is 21.7. The Labute approximate surface area is 164 Å². The summed E-state index contributed by atoms with van der Waals surface area (Å²) in [6.45, 7) is 10.9. The fraction of sp³-hybridized carbons (Fsp3) is 0.556. The number of hydrogen-bond acceptors (Lipinski definition) is 6. The van der Waals surface area contributed by atoms with Crippen molar-refractivity contribution >= 4 is 38.8 Å². The van der Waals surface area contributed by atoms with Gasteiger partial charge in [-0.2, -0.15) is 4.31 Å². The lowest BCUT2D eigenvalue weighted by Gasteiger charge is -2.18. The molecule has 0 aliphatic heterocycles. The topological polar surface area (TPSA) is 92.5 Å². The summed E-state index contributed by atoms with van der Waals surface area (Å²) in [5, 5.41) is 2.85. The third-order valence-electron chi connectivity index (χ3n) is 4.01. The van der Waals surface area contributed by atoms with Gasteiger partial charge in [0, 0.05) is 19.6 Å². The van der Waals surface area contributed by atoms with Crippen LogP contribution in [0.1, 0.15) is 34.6 Å². The van der Waals surface area contributed by atoms with Crippen molar-refractivity contribution in [1.29, 1.82) is 0 Å². The minimum Gasteiger partial charge on any atom is -0.431 e. The fourth-order valence-corrected chi connectivity index (χ4v) is 4.72. The zero-order valence-corrected chi connectivity index (χ0v) is 18.0. The monoisotopic (exact) mass is 413 g/mol. The molecule has 0 spiro atoms. The summed E-state index contributed by atoms with van der Waals surface area (Å²) in [4.78, 5) is 16.6. The van der Waals surface area contributed by atoms with Crippen LogP contribution in [0.2, 0.25) is 0 Å². The van der Waals surface area contributed by atoms with Crippen LogP contribution in [0.15, 0.2) is 32.7 Å². The summed E-state index contributed by atoms with van der Waals surface area (Å²) in [5.74, 6) is 0.294. The minimum absolute atomic E-state index is 0.0826. The van der Waals surface area contributed by atoms with Gasteiger partial charge >= 0.3 is 0 Å². The second-order valence-corrected chi connectivity index (χ2v) is 9.83. The molecule has 1 heterocycles. The highest BCUT2D eigenvalue weighted by Gasteiger charge is 2.23. The largest absolute Gasteiger partial charge is 0.431 e.